The van der Waals surface area contributed by atoms with Gasteiger partial charge in [0, 0.05) is 18.6 Å². The molecule has 152 valence electrons. The first-order valence-electron chi connectivity index (χ1n) is 10.8. The Morgan fingerprint density at radius 3 is 2.32 bits per heavy atom. The van der Waals surface area contributed by atoms with Crippen LogP contribution in [-0.2, 0) is 6.54 Å². The maximum absolute atomic E-state index is 12.6. The maximum Gasteiger partial charge on any atom is 0.315 e. The Bertz CT molecular complexity index is 745. The molecule has 1 aliphatic heterocycles. The van der Waals surface area contributed by atoms with Crippen molar-refractivity contribution in [2.24, 2.45) is 17.8 Å². The number of aromatic nitrogens is 1. The highest BCUT2D eigenvalue weighted by atomic mass is 16.4. The molecule has 2 heterocycles. The molecular formula is C21H30N4O3. The molecule has 3 amide bonds. The van der Waals surface area contributed by atoms with E-state index in [0.717, 1.165) is 62.9 Å². The van der Waals surface area contributed by atoms with Gasteiger partial charge in [-0.15, -0.1) is 0 Å². The Morgan fingerprint density at radius 2 is 1.71 bits per heavy atom. The second kappa shape index (κ2) is 6.78. The fourth-order valence-corrected chi connectivity index (χ4v) is 6.50. The lowest BCUT2D eigenvalue weighted by Gasteiger charge is -2.56. The van der Waals surface area contributed by atoms with E-state index in [1.54, 1.807) is 6.92 Å². The van der Waals surface area contributed by atoms with E-state index < -0.39 is 0 Å². The quantitative estimate of drug-likeness (QED) is 0.833. The highest BCUT2D eigenvalue weighted by molar-refractivity contribution is 5.93. The summed E-state index contributed by atoms with van der Waals surface area (Å²) in [4.78, 5) is 31.3. The number of urea groups is 1. The molecule has 1 aromatic rings. The number of amides is 3. The molecule has 1 aromatic heterocycles. The summed E-state index contributed by atoms with van der Waals surface area (Å²) in [5, 5.41) is 6.18. The van der Waals surface area contributed by atoms with Crippen LogP contribution in [0.5, 0.6) is 0 Å². The summed E-state index contributed by atoms with van der Waals surface area (Å²) in [7, 11) is 0. The van der Waals surface area contributed by atoms with Gasteiger partial charge in [0.25, 0.3) is 5.91 Å². The molecule has 0 atom stereocenters. The Balaban J connectivity index is 1.18. The van der Waals surface area contributed by atoms with Crippen molar-refractivity contribution in [3.05, 3.63) is 17.3 Å². The number of aryl methyl sites for hydroxylation is 1. The molecular weight excluding hydrogens is 356 g/mol. The molecule has 4 saturated carbocycles. The van der Waals surface area contributed by atoms with Crippen molar-refractivity contribution < 1.29 is 14.0 Å². The van der Waals surface area contributed by atoms with Crippen molar-refractivity contribution in [2.45, 2.75) is 70.4 Å². The predicted molar refractivity (Wildman–Crippen MR) is 103 cm³/mol. The number of rotatable bonds is 4. The van der Waals surface area contributed by atoms with Gasteiger partial charge < -0.3 is 20.0 Å². The average Bonchev–Trinajstić information content (AvgIpc) is 3.27. The standard InChI is InChI=1S/C21H30N4O3/c1-13-18(19(26)25-4-2-3-5-25)23-17(28-13)12-22-20(27)24-21-9-14-6-15(10-21)8-16(7-14)11-21/h14-16H,2-12H2,1H3,(H2,22,24,27). The summed E-state index contributed by atoms with van der Waals surface area (Å²) in [5.74, 6) is 3.22. The SMILES string of the molecule is Cc1oc(CNC(=O)NC23CC4CC(CC(C4)C2)C3)nc1C(=O)N1CCCC1. The third-order valence-electron chi connectivity index (χ3n) is 7.25. The summed E-state index contributed by atoms with van der Waals surface area (Å²) >= 11 is 0. The van der Waals surface area contributed by atoms with Gasteiger partial charge in [-0.25, -0.2) is 9.78 Å². The van der Waals surface area contributed by atoms with Gasteiger partial charge in [-0.1, -0.05) is 0 Å². The molecule has 4 aliphatic carbocycles. The highest BCUT2D eigenvalue weighted by Crippen LogP contribution is 2.55. The minimum Gasteiger partial charge on any atom is -0.443 e. The molecule has 1 saturated heterocycles. The molecule has 0 spiro atoms. The average molecular weight is 386 g/mol. The minimum atomic E-state index is -0.148. The Kier molecular flexibility index (Phi) is 4.36. The monoisotopic (exact) mass is 386 g/mol. The van der Waals surface area contributed by atoms with Gasteiger partial charge in [-0.3, -0.25) is 4.79 Å². The van der Waals surface area contributed by atoms with E-state index in [1.807, 2.05) is 4.90 Å². The first-order valence-corrected chi connectivity index (χ1v) is 10.8. The Morgan fingerprint density at radius 1 is 1.11 bits per heavy atom. The molecule has 7 nitrogen and oxygen atoms in total. The Labute approximate surface area is 165 Å². The van der Waals surface area contributed by atoms with Gasteiger partial charge in [0.05, 0.1) is 6.54 Å². The topological polar surface area (TPSA) is 87.5 Å². The van der Waals surface area contributed by atoms with Gasteiger partial charge in [-0.05, 0) is 76.0 Å². The van der Waals surface area contributed by atoms with Crippen LogP contribution in [0.25, 0.3) is 0 Å². The molecule has 28 heavy (non-hydrogen) atoms. The summed E-state index contributed by atoms with van der Waals surface area (Å²) in [6.45, 7) is 3.53. The van der Waals surface area contributed by atoms with Crippen molar-refractivity contribution in [3.8, 4) is 0 Å². The molecule has 0 unspecified atom stereocenters. The van der Waals surface area contributed by atoms with Gasteiger partial charge >= 0.3 is 6.03 Å². The second-order valence-corrected chi connectivity index (χ2v) is 9.52. The van der Waals surface area contributed by atoms with E-state index in [4.69, 9.17) is 4.42 Å². The molecule has 0 aromatic carbocycles. The zero-order valence-corrected chi connectivity index (χ0v) is 16.6. The normalized spacial score (nSPS) is 33.3. The molecule has 5 fully saturated rings. The van der Waals surface area contributed by atoms with Crippen LogP contribution in [0, 0.1) is 24.7 Å². The first-order chi connectivity index (χ1) is 13.5. The van der Waals surface area contributed by atoms with E-state index in [2.05, 4.69) is 15.6 Å². The second-order valence-electron chi connectivity index (χ2n) is 9.52. The number of likely N-dealkylation sites (tertiary alicyclic amines) is 1. The van der Waals surface area contributed by atoms with Gasteiger partial charge in [-0.2, -0.15) is 0 Å². The molecule has 7 heteroatoms. The van der Waals surface area contributed by atoms with Gasteiger partial charge in [0.1, 0.15) is 5.76 Å². The minimum absolute atomic E-state index is 0.0117. The summed E-state index contributed by atoms with van der Waals surface area (Å²) < 4.78 is 5.64. The smallest absolute Gasteiger partial charge is 0.315 e. The number of carbonyl (C=O) groups is 2. The number of carbonyl (C=O) groups excluding carboxylic acids is 2. The van der Waals surface area contributed by atoms with E-state index in [1.165, 1.54) is 19.3 Å². The zero-order valence-electron chi connectivity index (χ0n) is 16.6. The molecule has 4 bridgehead atoms. The summed E-state index contributed by atoms with van der Waals surface area (Å²) in [5.41, 5.74) is 0.363. The van der Waals surface area contributed by atoms with Crippen LogP contribution in [0.1, 0.15) is 73.5 Å². The van der Waals surface area contributed by atoms with Gasteiger partial charge in [0.2, 0.25) is 5.89 Å². The van der Waals surface area contributed by atoms with Crippen molar-refractivity contribution in [2.75, 3.05) is 13.1 Å². The van der Waals surface area contributed by atoms with E-state index in [0.29, 0.717) is 17.3 Å². The predicted octanol–water partition coefficient (Wildman–Crippen LogP) is 2.99. The van der Waals surface area contributed by atoms with Crippen LogP contribution < -0.4 is 10.6 Å². The zero-order chi connectivity index (χ0) is 19.3. The number of oxazole rings is 1. The van der Waals surface area contributed by atoms with Crippen LogP contribution in [0.15, 0.2) is 4.42 Å². The van der Waals surface area contributed by atoms with Crippen LogP contribution in [-0.4, -0.2) is 40.5 Å². The first kappa shape index (κ1) is 18.0. The van der Waals surface area contributed by atoms with Crippen LogP contribution >= 0.6 is 0 Å². The Hall–Kier alpha value is -2.05. The lowest BCUT2D eigenvalue weighted by atomic mass is 9.53. The van der Waals surface area contributed by atoms with E-state index >= 15 is 0 Å². The molecule has 5 aliphatic rings. The highest BCUT2D eigenvalue weighted by Gasteiger charge is 2.51. The van der Waals surface area contributed by atoms with Crippen LogP contribution in [0.3, 0.4) is 0 Å². The number of nitrogens with zero attached hydrogens (tertiary/aromatic N) is 2. The maximum atomic E-state index is 12.6. The summed E-state index contributed by atoms with van der Waals surface area (Å²) in [6.07, 6.45) is 9.52. The van der Waals surface area contributed by atoms with Crippen LogP contribution in [0.4, 0.5) is 4.79 Å². The fraction of sp³-hybridized carbons (Fsp3) is 0.762. The lowest BCUT2D eigenvalue weighted by Crippen LogP contribution is -2.61. The van der Waals surface area contributed by atoms with Crippen molar-refractivity contribution in [1.82, 2.24) is 20.5 Å². The van der Waals surface area contributed by atoms with Crippen molar-refractivity contribution >= 4 is 11.9 Å². The molecule has 6 rings (SSSR count). The largest absolute Gasteiger partial charge is 0.443 e. The number of hydrogen-bond acceptors (Lipinski definition) is 4. The summed E-state index contributed by atoms with van der Waals surface area (Å²) in [6, 6.07) is -0.148. The van der Waals surface area contributed by atoms with E-state index in [-0.39, 0.29) is 24.0 Å². The fourth-order valence-electron chi connectivity index (χ4n) is 6.50. The van der Waals surface area contributed by atoms with Crippen molar-refractivity contribution in [1.29, 1.82) is 0 Å². The number of hydrogen-bond donors (Lipinski definition) is 2. The number of nitrogens with one attached hydrogen (secondary N) is 2. The lowest BCUT2D eigenvalue weighted by molar-refractivity contribution is -0.0135. The van der Waals surface area contributed by atoms with Gasteiger partial charge in [0.15, 0.2) is 5.69 Å². The van der Waals surface area contributed by atoms with E-state index in [9.17, 15) is 9.59 Å². The van der Waals surface area contributed by atoms with Crippen molar-refractivity contribution in [3.63, 3.8) is 0 Å². The third-order valence-corrected chi connectivity index (χ3v) is 7.25. The molecule has 2 N–H and O–H groups in total. The van der Waals surface area contributed by atoms with Crippen LogP contribution in [0.2, 0.25) is 0 Å². The molecule has 0 radical (unpaired) electrons. The third kappa shape index (κ3) is 3.29.